The van der Waals surface area contributed by atoms with Crippen molar-refractivity contribution in [3.8, 4) is 23.2 Å². The van der Waals surface area contributed by atoms with Crippen molar-refractivity contribution in [3.05, 3.63) is 57.5 Å². The fraction of sp³-hybridized carbons (Fsp3) is 0.440. The molecular weight excluding hydrogens is 358 g/mol. The maximum atomic E-state index is 13.1. The predicted molar refractivity (Wildman–Crippen MR) is 116 cm³/mol. The highest BCUT2D eigenvalue weighted by Gasteiger charge is 2.19. The quantitative estimate of drug-likeness (QED) is 0.633. The lowest BCUT2D eigenvalue weighted by atomic mass is 9.98. The molecule has 3 heterocycles. The molecule has 0 atom stereocenters. The van der Waals surface area contributed by atoms with Gasteiger partial charge in [0, 0.05) is 24.4 Å². The van der Waals surface area contributed by atoms with E-state index in [2.05, 4.69) is 45.3 Å². The van der Waals surface area contributed by atoms with Gasteiger partial charge in [-0.1, -0.05) is 24.8 Å². The second-order valence-corrected chi connectivity index (χ2v) is 8.61. The molecule has 148 valence electrons. The van der Waals surface area contributed by atoms with Crippen molar-refractivity contribution in [1.82, 2.24) is 14.3 Å². The summed E-state index contributed by atoms with van der Waals surface area (Å²) >= 11 is 0. The van der Waals surface area contributed by atoms with Crippen LogP contribution in [0.4, 0.5) is 0 Å². The Labute approximate surface area is 171 Å². The summed E-state index contributed by atoms with van der Waals surface area (Å²) in [4.78, 5) is 20.1. The van der Waals surface area contributed by atoms with Crippen molar-refractivity contribution >= 4 is 5.52 Å². The van der Waals surface area contributed by atoms with E-state index < -0.39 is 0 Å². The van der Waals surface area contributed by atoms with Gasteiger partial charge in [0.1, 0.15) is 5.69 Å². The number of aryl methyl sites for hydroxylation is 2. The van der Waals surface area contributed by atoms with Crippen molar-refractivity contribution in [2.24, 2.45) is 5.92 Å². The van der Waals surface area contributed by atoms with Crippen LogP contribution in [0, 0.1) is 17.8 Å². The van der Waals surface area contributed by atoms with Crippen molar-refractivity contribution < 1.29 is 0 Å². The van der Waals surface area contributed by atoms with Gasteiger partial charge in [-0.15, -0.1) is 0 Å². The van der Waals surface area contributed by atoms with Crippen LogP contribution < -0.4 is 5.43 Å². The SMILES string of the molecule is CC1CCN(CC#CCc2ccc3n4ccc5c4c(cnc-3c2=O)CCC5)CC1. The van der Waals surface area contributed by atoms with Crippen LogP contribution in [0.1, 0.15) is 42.9 Å². The average Bonchev–Trinajstić information content (AvgIpc) is 3.09. The Morgan fingerprint density at radius 3 is 2.79 bits per heavy atom. The number of nitrogens with zero attached hydrogens (tertiary/aromatic N) is 3. The van der Waals surface area contributed by atoms with Crippen LogP contribution in [0.2, 0.25) is 0 Å². The molecule has 0 N–H and O–H groups in total. The molecule has 5 rings (SSSR count). The lowest BCUT2D eigenvalue weighted by Gasteiger charge is -2.28. The lowest BCUT2D eigenvalue weighted by molar-refractivity contribution is 0.213. The van der Waals surface area contributed by atoms with Crippen molar-refractivity contribution in [2.45, 2.75) is 45.4 Å². The van der Waals surface area contributed by atoms with Gasteiger partial charge in [0.05, 0.1) is 17.8 Å². The van der Waals surface area contributed by atoms with Crippen LogP contribution in [-0.4, -0.2) is 33.9 Å². The van der Waals surface area contributed by atoms with Gasteiger partial charge in [0.25, 0.3) is 0 Å². The maximum absolute atomic E-state index is 13.1. The van der Waals surface area contributed by atoms with Crippen LogP contribution in [-0.2, 0) is 19.3 Å². The molecule has 0 radical (unpaired) electrons. The second kappa shape index (κ2) is 7.65. The van der Waals surface area contributed by atoms with E-state index in [0.29, 0.717) is 12.1 Å². The van der Waals surface area contributed by atoms with Crippen molar-refractivity contribution in [3.63, 3.8) is 0 Å². The van der Waals surface area contributed by atoms with E-state index in [4.69, 9.17) is 0 Å². The third-order valence-corrected chi connectivity index (χ3v) is 6.55. The zero-order valence-corrected chi connectivity index (χ0v) is 17.1. The van der Waals surface area contributed by atoms with Crippen LogP contribution in [0.15, 0.2) is 35.4 Å². The van der Waals surface area contributed by atoms with E-state index in [1.54, 1.807) is 0 Å². The molecule has 0 spiro atoms. The van der Waals surface area contributed by atoms with Crippen LogP contribution in [0.25, 0.3) is 16.9 Å². The highest BCUT2D eigenvalue weighted by Crippen LogP contribution is 2.28. The monoisotopic (exact) mass is 385 g/mol. The smallest absolute Gasteiger partial charge is 0.210 e. The summed E-state index contributed by atoms with van der Waals surface area (Å²) in [7, 11) is 0. The van der Waals surface area contributed by atoms with E-state index >= 15 is 0 Å². The molecule has 2 aliphatic carbocycles. The summed E-state index contributed by atoms with van der Waals surface area (Å²) < 4.78 is 2.15. The minimum absolute atomic E-state index is 0.0153. The summed E-state index contributed by atoms with van der Waals surface area (Å²) in [5.74, 6) is 7.33. The Bertz CT molecular complexity index is 1140. The van der Waals surface area contributed by atoms with Gasteiger partial charge in [-0.3, -0.25) is 14.7 Å². The maximum Gasteiger partial charge on any atom is 0.210 e. The molecule has 1 saturated heterocycles. The molecule has 4 heteroatoms. The van der Waals surface area contributed by atoms with Gasteiger partial charge >= 0.3 is 0 Å². The van der Waals surface area contributed by atoms with Gasteiger partial charge < -0.3 is 4.40 Å². The molecule has 4 nitrogen and oxygen atoms in total. The first-order valence-electron chi connectivity index (χ1n) is 10.8. The van der Waals surface area contributed by atoms with E-state index in [0.717, 1.165) is 56.1 Å². The molecule has 0 saturated carbocycles. The molecule has 29 heavy (non-hydrogen) atoms. The number of aromatic nitrogens is 2. The Morgan fingerprint density at radius 1 is 1.10 bits per heavy atom. The Balaban J connectivity index is 1.42. The summed E-state index contributed by atoms with van der Waals surface area (Å²) in [6.45, 7) is 5.40. The summed E-state index contributed by atoms with van der Waals surface area (Å²) in [5, 5.41) is 0. The van der Waals surface area contributed by atoms with Crippen LogP contribution in [0.3, 0.4) is 0 Å². The molecule has 0 unspecified atom stereocenters. The summed E-state index contributed by atoms with van der Waals surface area (Å²) in [5.41, 5.74) is 6.04. The number of likely N-dealkylation sites (tertiary alicyclic amines) is 1. The fourth-order valence-electron chi connectivity index (χ4n) is 4.70. The standard InChI is InChI=1S/C25H27N3O/c1-18-10-14-27(15-11-18)13-3-2-5-20-8-9-22-23(25(20)29)26-17-21-7-4-6-19-12-16-28(22)24(19)21/h8-9,12,16-18H,4-7,10-11,13-15H2,1H3. The topological polar surface area (TPSA) is 37.6 Å². The zero-order valence-electron chi connectivity index (χ0n) is 17.1. The molecular formula is C25H27N3O. The predicted octanol–water partition coefficient (Wildman–Crippen LogP) is 3.57. The van der Waals surface area contributed by atoms with Gasteiger partial charge in [-0.2, -0.15) is 0 Å². The Morgan fingerprint density at radius 2 is 1.93 bits per heavy atom. The van der Waals surface area contributed by atoms with E-state index in [1.165, 1.54) is 29.5 Å². The molecule has 0 aromatic carbocycles. The molecule has 0 bridgehead atoms. The van der Waals surface area contributed by atoms with Crippen LogP contribution in [0.5, 0.6) is 0 Å². The van der Waals surface area contributed by atoms with E-state index in [-0.39, 0.29) is 5.43 Å². The van der Waals surface area contributed by atoms with Gasteiger partial charge in [-0.25, -0.2) is 0 Å². The minimum atomic E-state index is 0.0153. The first kappa shape index (κ1) is 18.4. The normalized spacial score (nSPS) is 17.4. The second-order valence-electron chi connectivity index (χ2n) is 8.61. The Hall–Kier alpha value is -2.64. The molecule has 0 amide bonds. The number of hydrogen-bond acceptors (Lipinski definition) is 3. The summed E-state index contributed by atoms with van der Waals surface area (Å²) in [6, 6.07) is 6.16. The average molecular weight is 386 g/mol. The molecule has 1 aromatic heterocycles. The minimum Gasteiger partial charge on any atom is -0.314 e. The molecule has 2 aliphatic heterocycles. The third kappa shape index (κ3) is 3.45. The number of piperidine rings is 1. The van der Waals surface area contributed by atoms with Gasteiger partial charge in [0.2, 0.25) is 5.43 Å². The first-order chi connectivity index (χ1) is 14.2. The zero-order chi connectivity index (χ0) is 19.8. The highest BCUT2D eigenvalue weighted by atomic mass is 16.1. The van der Waals surface area contributed by atoms with Gasteiger partial charge in [0.15, 0.2) is 0 Å². The largest absolute Gasteiger partial charge is 0.314 e. The first-order valence-corrected chi connectivity index (χ1v) is 10.8. The van der Waals surface area contributed by atoms with Crippen molar-refractivity contribution in [2.75, 3.05) is 19.6 Å². The van der Waals surface area contributed by atoms with Gasteiger partial charge in [-0.05, 0) is 74.4 Å². The van der Waals surface area contributed by atoms with Crippen molar-refractivity contribution in [1.29, 1.82) is 0 Å². The number of fused-ring (bicyclic) bond motifs is 2. The van der Waals surface area contributed by atoms with Crippen LogP contribution >= 0.6 is 0 Å². The highest BCUT2D eigenvalue weighted by molar-refractivity contribution is 5.70. The Kier molecular flexibility index (Phi) is 4.85. The fourth-order valence-corrected chi connectivity index (χ4v) is 4.70. The van der Waals surface area contributed by atoms with E-state index in [9.17, 15) is 4.79 Å². The number of benzene rings is 1. The third-order valence-electron chi connectivity index (χ3n) is 6.55. The number of rotatable bonds is 2. The lowest BCUT2D eigenvalue weighted by Crippen LogP contribution is -2.33. The summed E-state index contributed by atoms with van der Waals surface area (Å²) in [6.07, 6.45) is 10.3. The van der Waals surface area contributed by atoms with E-state index in [1.807, 2.05) is 18.3 Å². The molecule has 4 aliphatic rings. The molecule has 1 fully saturated rings. The number of hydrogen-bond donors (Lipinski definition) is 0. The molecule has 1 aromatic rings.